The molecular weight excluding hydrogens is 252 g/mol. The number of hydrogen-bond donors (Lipinski definition) is 2. The Morgan fingerprint density at radius 1 is 1.15 bits per heavy atom. The van der Waals surface area contributed by atoms with Gasteiger partial charge in [0.1, 0.15) is 5.82 Å². The SMILES string of the molecule is O=C(O)C1(c2ccc(-c3ncc[nH]3)cc2)CCCCC1. The maximum Gasteiger partial charge on any atom is 0.314 e. The van der Waals surface area contributed by atoms with E-state index in [4.69, 9.17) is 0 Å². The predicted molar refractivity (Wildman–Crippen MR) is 76.4 cm³/mol. The number of nitrogens with one attached hydrogen (secondary N) is 1. The van der Waals surface area contributed by atoms with Crippen LogP contribution in [0.2, 0.25) is 0 Å². The van der Waals surface area contributed by atoms with E-state index < -0.39 is 11.4 Å². The molecular formula is C16H18N2O2. The molecule has 104 valence electrons. The summed E-state index contributed by atoms with van der Waals surface area (Å²) in [7, 11) is 0. The topological polar surface area (TPSA) is 66.0 Å². The minimum Gasteiger partial charge on any atom is -0.481 e. The molecule has 0 spiro atoms. The van der Waals surface area contributed by atoms with Crippen molar-refractivity contribution in [3.8, 4) is 11.4 Å². The highest BCUT2D eigenvalue weighted by Gasteiger charge is 2.41. The highest BCUT2D eigenvalue weighted by molar-refractivity contribution is 5.81. The van der Waals surface area contributed by atoms with Gasteiger partial charge in [-0.25, -0.2) is 4.98 Å². The van der Waals surface area contributed by atoms with E-state index in [2.05, 4.69) is 9.97 Å². The molecule has 1 aromatic heterocycles. The Kier molecular flexibility index (Phi) is 3.30. The molecule has 2 N–H and O–H groups in total. The zero-order valence-corrected chi connectivity index (χ0v) is 11.3. The Balaban J connectivity index is 1.94. The van der Waals surface area contributed by atoms with Crippen LogP contribution in [0.4, 0.5) is 0 Å². The maximum absolute atomic E-state index is 11.8. The summed E-state index contributed by atoms with van der Waals surface area (Å²) < 4.78 is 0. The number of carboxylic acids is 1. The van der Waals surface area contributed by atoms with Gasteiger partial charge in [-0.15, -0.1) is 0 Å². The molecule has 1 heterocycles. The quantitative estimate of drug-likeness (QED) is 0.898. The summed E-state index contributed by atoms with van der Waals surface area (Å²) in [5.74, 6) is 0.118. The lowest BCUT2D eigenvalue weighted by Gasteiger charge is -2.33. The molecule has 1 aromatic carbocycles. The second-order valence-corrected chi connectivity index (χ2v) is 5.46. The van der Waals surface area contributed by atoms with Gasteiger partial charge in [-0.05, 0) is 18.4 Å². The predicted octanol–water partition coefficient (Wildman–Crippen LogP) is 3.36. The highest BCUT2D eigenvalue weighted by Crippen LogP contribution is 2.40. The third-order valence-electron chi connectivity index (χ3n) is 4.33. The minimum absolute atomic E-state index is 0.692. The Morgan fingerprint density at radius 3 is 2.40 bits per heavy atom. The van der Waals surface area contributed by atoms with Gasteiger partial charge in [0.05, 0.1) is 5.41 Å². The summed E-state index contributed by atoms with van der Waals surface area (Å²) >= 11 is 0. The van der Waals surface area contributed by atoms with Gasteiger partial charge < -0.3 is 10.1 Å². The molecule has 0 atom stereocenters. The van der Waals surface area contributed by atoms with Crippen molar-refractivity contribution in [3.05, 3.63) is 42.2 Å². The van der Waals surface area contributed by atoms with Crippen LogP contribution < -0.4 is 0 Å². The summed E-state index contributed by atoms with van der Waals surface area (Å²) in [6.45, 7) is 0. The van der Waals surface area contributed by atoms with Crippen molar-refractivity contribution in [1.82, 2.24) is 9.97 Å². The Bertz CT molecular complexity index is 581. The molecule has 3 rings (SSSR count). The summed E-state index contributed by atoms with van der Waals surface area (Å²) in [4.78, 5) is 19.0. The van der Waals surface area contributed by atoms with Crippen molar-refractivity contribution in [1.29, 1.82) is 0 Å². The third kappa shape index (κ3) is 2.11. The molecule has 0 amide bonds. The molecule has 0 saturated heterocycles. The first kappa shape index (κ1) is 12.9. The number of H-pyrrole nitrogens is 1. The smallest absolute Gasteiger partial charge is 0.314 e. The van der Waals surface area contributed by atoms with Crippen molar-refractivity contribution < 1.29 is 9.90 Å². The average Bonchev–Trinajstić information content (AvgIpc) is 3.02. The van der Waals surface area contributed by atoms with Gasteiger partial charge >= 0.3 is 5.97 Å². The van der Waals surface area contributed by atoms with E-state index in [0.29, 0.717) is 0 Å². The van der Waals surface area contributed by atoms with E-state index in [0.717, 1.165) is 49.1 Å². The van der Waals surface area contributed by atoms with Crippen LogP contribution in [-0.2, 0) is 10.2 Å². The lowest BCUT2D eigenvalue weighted by molar-refractivity contribution is -0.145. The lowest BCUT2D eigenvalue weighted by atomic mass is 9.69. The Labute approximate surface area is 117 Å². The summed E-state index contributed by atoms with van der Waals surface area (Å²) in [6, 6.07) is 7.79. The van der Waals surface area contributed by atoms with Crippen LogP contribution in [0.5, 0.6) is 0 Å². The van der Waals surface area contributed by atoms with E-state index in [1.807, 2.05) is 24.3 Å². The van der Waals surface area contributed by atoms with Crippen LogP contribution in [0.1, 0.15) is 37.7 Å². The second-order valence-electron chi connectivity index (χ2n) is 5.46. The van der Waals surface area contributed by atoms with Gasteiger partial charge in [-0.2, -0.15) is 0 Å². The Morgan fingerprint density at radius 2 is 1.85 bits per heavy atom. The second kappa shape index (κ2) is 5.12. The van der Waals surface area contributed by atoms with Gasteiger partial charge in [0, 0.05) is 18.0 Å². The molecule has 0 aliphatic heterocycles. The average molecular weight is 270 g/mol. The van der Waals surface area contributed by atoms with Gasteiger partial charge in [0.2, 0.25) is 0 Å². The van der Waals surface area contributed by atoms with Crippen molar-refractivity contribution in [2.45, 2.75) is 37.5 Å². The molecule has 0 unspecified atom stereocenters. The molecule has 0 bridgehead atoms. The number of hydrogen-bond acceptors (Lipinski definition) is 2. The molecule has 1 aliphatic rings. The van der Waals surface area contributed by atoms with Crippen molar-refractivity contribution in [3.63, 3.8) is 0 Å². The standard InChI is InChI=1S/C16H18N2O2/c19-15(20)16(8-2-1-3-9-16)13-6-4-12(5-7-13)14-17-10-11-18-14/h4-7,10-11H,1-3,8-9H2,(H,17,18)(H,19,20). The van der Waals surface area contributed by atoms with Crippen molar-refractivity contribution >= 4 is 5.97 Å². The van der Waals surface area contributed by atoms with E-state index >= 15 is 0 Å². The molecule has 1 fully saturated rings. The fraction of sp³-hybridized carbons (Fsp3) is 0.375. The number of aliphatic carboxylic acids is 1. The van der Waals surface area contributed by atoms with Crippen LogP contribution in [0, 0.1) is 0 Å². The minimum atomic E-state index is -0.694. The van der Waals surface area contributed by atoms with Crippen LogP contribution in [0.3, 0.4) is 0 Å². The fourth-order valence-electron chi connectivity index (χ4n) is 3.15. The number of imidazole rings is 1. The van der Waals surface area contributed by atoms with Crippen LogP contribution in [0.25, 0.3) is 11.4 Å². The Hall–Kier alpha value is -2.10. The fourth-order valence-corrected chi connectivity index (χ4v) is 3.15. The van der Waals surface area contributed by atoms with Crippen molar-refractivity contribution in [2.24, 2.45) is 0 Å². The highest BCUT2D eigenvalue weighted by atomic mass is 16.4. The van der Waals surface area contributed by atoms with Crippen LogP contribution in [0.15, 0.2) is 36.7 Å². The molecule has 20 heavy (non-hydrogen) atoms. The molecule has 1 saturated carbocycles. The first-order valence-corrected chi connectivity index (χ1v) is 7.06. The van der Waals surface area contributed by atoms with Gasteiger partial charge in [-0.1, -0.05) is 43.5 Å². The van der Waals surface area contributed by atoms with E-state index in [1.54, 1.807) is 12.4 Å². The summed E-state index contributed by atoms with van der Waals surface area (Å²) in [6.07, 6.45) is 8.09. The van der Waals surface area contributed by atoms with Gasteiger partial charge in [-0.3, -0.25) is 4.79 Å². The van der Waals surface area contributed by atoms with Gasteiger partial charge in [0.15, 0.2) is 0 Å². The molecule has 4 heteroatoms. The number of rotatable bonds is 3. The van der Waals surface area contributed by atoms with Gasteiger partial charge in [0.25, 0.3) is 0 Å². The maximum atomic E-state index is 11.8. The lowest BCUT2D eigenvalue weighted by Crippen LogP contribution is -2.37. The van der Waals surface area contributed by atoms with Crippen molar-refractivity contribution in [2.75, 3.05) is 0 Å². The zero-order chi connectivity index (χ0) is 14.0. The number of nitrogens with zero attached hydrogens (tertiary/aromatic N) is 1. The number of aromatic nitrogens is 2. The zero-order valence-electron chi connectivity index (χ0n) is 11.3. The summed E-state index contributed by atoms with van der Waals surface area (Å²) in [5, 5.41) is 9.68. The van der Waals surface area contributed by atoms with E-state index in [-0.39, 0.29) is 0 Å². The number of benzene rings is 1. The number of aromatic amines is 1. The van der Waals surface area contributed by atoms with Crippen LogP contribution in [-0.4, -0.2) is 21.0 Å². The monoisotopic (exact) mass is 270 g/mol. The molecule has 0 radical (unpaired) electrons. The van der Waals surface area contributed by atoms with E-state index in [9.17, 15) is 9.90 Å². The molecule has 1 aliphatic carbocycles. The molecule has 4 nitrogen and oxygen atoms in total. The summed E-state index contributed by atoms with van der Waals surface area (Å²) in [5.41, 5.74) is 1.20. The third-order valence-corrected chi connectivity index (χ3v) is 4.33. The largest absolute Gasteiger partial charge is 0.481 e. The number of carbonyl (C=O) groups is 1. The normalized spacial score (nSPS) is 17.8. The first-order valence-electron chi connectivity index (χ1n) is 7.06. The van der Waals surface area contributed by atoms with Crippen LogP contribution >= 0.6 is 0 Å². The molecule has 2 aromatic rings. The van der Waals surface area contributed by atoms with E-state index in [1.165, 1.54) is 0 Å². The first-order chi connectivity index (χ1) is 9.72. The number of carboxylic acid groups (broad SMARTS) is 1.